The first kappa shape index (κ1) is 18.2. The predicted molar refractivity (Wildman–Crippen MR) is 95.9 cm³/mol. The third kappa shape index (κ3) is 3.66. The number of unbranched alkanes of at least 4 members (excludes halogenated alkanes) is 2. The number of hydrogen-bond acceptors (Lipinski definition) is 5. The highest BCUT2D eigenvalue weighted by Gasteiger charge is 2.32. The molecule has 0 saturated carbocycles. The second kappa shape index (κ2) is 7.76. The van der Waals surface area contributed by atoms with Crippen molar-refractivity contribution < 1.29 is 23.2 Å². The molecule has 2 aromatic carbocycles. The van der Waals surface area contributed by atoms with E-state index in [2.05, 4.69) is 0 Å². The van der Waals surface area contributed by atoms with Crippen LogP contribution in [-0.4, -0.2) is 26.1 Å². The highest BCUT2D eigenvalue weighted by atomic mass is 32.2. The van der Waals surface area contributed by atoms with Gasteiger partial charge in [-0.25, -0.2) is 13.9 Å². The van der Waals surface area contributed by atoms with Gasteiger partial charge < -0.3 is 4.74 Å². The summed E-state index contributed by atoms with van der Waals surface area (Å²) in [6, 6.07) is 13.6. The lowest BCUT2D eigenvalue weighted by atomic mass is 10.2. The summed E-state index contributed by atoms with van der Waals surface area (Å²) in [6.45, 7) is 0.276. The van der Waals surface area contributed by atoms with Crippen LogP contribution in [0.3, 0.4) is 0 Å². The first-order valence-electron chi connectivity index (χ1n) is 8.35. The molecule has 2 aromatic rings. The number of fused-ring (bicyclic) bond motifs is 2. The molecule has 1 aliphatic heterocycles. The fourth-order valence-corrected chi connectivity index (χ4v) is 4.51. The lowest BCUT2D eigenvalue weighted by Gasteiger charge is -2.23. The third-order valence-corrected chi connectivity index (χ3v) is 6.01. The van der Waals surface area contributed by atoms with Gasteiger partial charge in [0.15, 0.2) is 5.75 Å². The van der Waals surface area contributed by atoms with Crippen molar-refractivity contribution in [2.45, 2.75) is 30.6 Å². The smallest absolute Gasteiger partial charge is 0.268 e. The Balaban J connectivity index is 1.84. The molecule has 0 saturated heterocycles. The number of nitrogens with zero attached hydrogens (tertiary/aromatic N) is 1. The van der Waals surface area contributed by atoms with Crippen molar-refractivity contribution in [2.24, 2.45) is 0 Å². The van der Waals surface area contributed by atoms with Gasteiger partial charge in [-0.2, -0.15) is 0 Å². The third-order valence-electron chi connectivity index (χ3n) is 4.16. The van der Waals surface area contributed by atoms with Crippen molar-refractivity contribution in [2.75, 3.05) is 10.8 Å². The topological polar surface area (TPSA) is 95.9 Å². The highest BCUT2D eigenvalue weighted by molar-refractivity contribution is 7.93. The molecule has 138 valence electrons. The molecule has 3 rings (SSSR count). The molecule has 0 aliphatic carbocycles. The Bertz CT molecular complexity index is 898. The number of hydroxylamine groups is 1. The molecule has 1 aliphatic rings. The molecule has 0 aromatic heterocycles. The van der Waals surface area contributed by atoms with E-state index in [1.807, 2.05) is 0 Å². The van der Waals surface area contributed by atoms with Gasteiger partial charge in [0.1, 0.15) is 10.6 Å². The minimum atomic E-state index is -3.75. The molecule has 0 fully saturated rings. The summed E-state index contributed by atoms with van der Waals surface area (Å²) in [6.07, 6.45) is 2.00. The van der Waals surface area contributed by atoms with Gasteiger partial charge in [0.2, 0.25) is 5.91 Å². The van der Waals surface area contributed by atoms with E-state index >= 15 is 0 Å². The maximum absolute atomic E-state index is 13.2. The van der Waals surface area contributed by atoms with Crippen LogP contribution in [-0.2, 0) is 14.8 Å². The average molecular weight is 376 g/mol. The zero-order chi connectivity index (χ0) is 18.6. The van der Waals surface area contributed by atoms with Crippen LogP contribution in [0.2, 0.25) is 0 Å². The van der Waals surface area contributed by atoms with Crippen LogP contribution in [0.1, 0.15) is 25.7 Å². The molecule has 0 spiro atoms. The second-order valence-electron chi connectivity index (χ2n) is 5.94. The van der Waals surface area contributed by atoms with Gasteiger partial charge in [-0.1, -0.05) is 30.7 Å². The number of carbonyl (C=O) groups excluding carboxylic acids is 1. The van der Waals surface area contributed by atoms with Crippen molar-refractivity contribution in [1.82, 2.24) is 5.48 Å². The molecule has 0 unspecified atom stereocenters. The molecular formula is C18H20N2O5S. The molecule has 7 nitrogen and oxygen atoms in total. The van der Waals surface area contributed by atoms with Crippen LogP contribution in [0.5, 0.6) is 11.5 Å². The number of carbonyl (C=O) groups is 1. The molecule has 26 heavy (non-hydrogen) atoms. The monoisotopic (exact) mass is 376 g/mol. The number of amides is 1. The lowest BCUT2D eigenvalue weighted by molar-refractivity contribution is -0.129. The number of para-hydroxylation sites is 3. The van der Waals surface area contributed by atoms with E-state index in [1.54, 1.807) is 47.9 Å². The SMILES string of the molecule is O=C(CCCCCN1c2ccccc2Oc2ccccc2S1(=O)=O)NO. The summed E-state index contributed by atoms with van der Waals surface area (Å²) in [5, 5.41) is 8.50. The van der Waals surface area contributed by atoms with Crippen LogP contribution >= 0.6 is 0 Å². The van der Waals surface area contributed by atoms with Crippen molar-refractivity contribution in [3.05, 3.63) is 48.5 Å². The van der Waals surface area contributed by atoms with Gasteiger partial charge in [-0.3, -0.25) is 14.3 Å². The molecule has 8 heteroatoms. The fourth-order valence-electron chi connectivity index (χ4n) is 2.88. The number of benzene rings is 2. The minimum Gasteiger partial charge on any atom is -0.454 e. The molecule has 2 N–H and O–H groups in total. The van der Waals surface area contributed by atoms with Crippen LogP contribution < -0.4 is 14.5 Å². The van der Waals surface area contributed by atoms with Gasteiger partial charge >= 0.3 is 0 Å². The second-order valence-corrected chi connectivity index (χ2v) is 7.77. The molecule has 0 bridgehead atoms. The van der Waals surface area contributed by atoms with Crippen molar-refractivity contribution in [1.29, 1.82) is 0 Å². The number of nitrogens with one attached hydrogen (secondary N) is 1. The number of anilines is 1. The van der Waals surface area contributed by atoms with E-state index in [4.69, 9.17) is 9.94 Å². The Hall–Kier alpha value is -2.58. The molecule has 1 amide bonds. The molecule has 0 radical (unpaired) electrons. The van der Waals surface area contributed by atoms with E-state index in [-0.39, 0.29) is 17.9 Å². The summed E-state index contributed by atoms with van der Waals surface area (Å²) in [7, 11) is -3.75. The van der Waals surface area contributed by atoms with E-state index in [1.165, 1.54) is 10.4 Å². The Morgan fingerprint density at radius 3 is 2.46 bits per heavy atom. The molecular weight excluding hydrogens is 356 g/mol. The average Bonchev–Trinajstić information content (AvgIpc) is 2.74. The van der Waals surface area contributed by atoms with E-state index in [9.17, 15) is 13.2 Å². The normalized spacial score (nSPS) is 14.6. The summed E-state index contributed by atoms with van der Waals surface area (Å²) in [5.41, 5.74) is 2.09. The van der Waals surface area contributed by atoms with Crippen LogP contribution in [0.25, 0.3) is 0 Å². The minimum absolute atomic E-state index is 0.135. The van der Waals surface area contributed by atoms with Gasteiger partial charge in [0.05, 0.1) is 5.69 Å². The van der Waals surface area contributed by atoms with Crippen LogP contribution in [0, 0.1) is 0 Å². The Morgan fingerprint density at radius 2 is 1.69 bits per heavy atom. The standard InChI is InChI=1S/C18H20N2O5S/c21-18(19-22)12-2-1-7-13-20-14-8-3-4-9-15(14)25-16-10-5-6-11-17(16)26(20,23)24/h3-6,8-11,22H,1-2,7,12-13H2,(H,19,21). The van der Waals surface area contributed by atoms with Crippen LogP contribution in [0.15, 0.2) is 53.4 Å². The fraction of sp³-hybridized carbons (Fsp3) is 0.278. The summed E-state index contributed by atoms with van der Waals surface area (Å²) < 4.78 is 33.5. The quantitative estimate of drug-likeness (QED) is 0.459. The van der Waals surface area contributed by atoms with E-state index < -0.39 is 15.9 Å². The van der Waals surface area contributed by atoms with Crippen molar-refractivity contribution in [3.8, 4) is 11.5 Å². The summed E-state index contributed by atoms with van der Waals surface area (Å²) in [4.78, 5) is 11.2. The Labute approximate surface area is 152 Å². The largest absolute Gasteiger partial charge is 0.454 e. The first-order valence-corrected chi connectivity index (χ1v) is 9.79. The zero-order valence-electron chi connectivity index (χ0n) is 14.1. The zero-order valence-corrected chi connectivity index (χ0v) is 14.9. The van der Waals surface area contributed by atoms with E-state index in [0.29, 0.717) is 36.4 Å². The Kier molecular flexibility index (Phi) is 5.43. The van der Waals surface area contributed by atoms with Crippen LogP contribution in [0.4, 0.5) is 5.69 Å². The maximum atomic E-state index is 13.2. The Morgan fingerprint density at radius 1 is 1.00 bits per heavy atom. The van der Waals surface area contributed by atoms with Gasteiger partial charge in [-0.15, -0.1) is 0 Å². The molecule has 1 heterocycles. The lowest BCUT2D eigenvalue weighted by Crippen LogP contribution is -2.31. The number of hydrogen-bond donors (Lipinski definition) is 2. The highest BCUT2D eigenvalue weighted by Crippen LogP contribution is 2.42. The first-order chi connectivity index (χ1) is 12.5. The van der Waals surface area contributed by atoms with Crippen molar-refractivity contribution in [3.63, 3.8) is 0 Å². The van der Waals surface area contributed by atoms with Gasteiger partial charge in [0.25, 0.3) is 10.0 Å². The predicted octanol–water partition coefficient (Wildman–Crippen LogP) is 3.05. The number of ether oxygens (including phenoxy) is 1. The van der Waals surface area contributed by atoms with Crippen molar-refractivity contribution >= 4 is 21.6 Å². The number of rotatable bonds is 6. The summed E-state index contributed by atoms with van der Waals surface area (Å²) >= 11 is 0. The summed E-state index contributed by atoms with van der Waals surface area (Å²) in [5.74, 6) is 0.350. The van der Waals surface area contributed by atoms with Gasteiger partial charge in [0, 0.05) is 13.0 Å². The van der Waals surface area contributed by atoms with E-state index in [0.717, 1.165) is 0 Å². The maximum Gasteiger partial charge on any atom is 0.268 e. The number of sulfonamides is 1. The molecule has 0 atom stereocenters. The van der Waals surface area contributed by atoms with Gasteiger partial charge in [-0.05, 0) is 37.1 Å².